The van der Waals surface area contributed by atoms with Crippen LogP contribution in [0.25, 0.3) is 0 Å². The van der Waals surface area contributed by atoms with Crippen LogP contribution in [0.2, 0.25) is 10.0 Å². The van der Waals surface area contributed by atoms with Crippen LogP contribution in [0.4, 0.5) is 17.1 Å². The topological polar surface area (TPSA) is 158 Å². The van der Waals surface area contributed by atoms with Crippen LogP contribution in [0.1, 0.15) is 35.2 Å². The molecule has 4 rings (SSSR count). The van der Waals surface area contributed by atoms with Crippen LogP contribution >= 0.6 is 23.2 Å². The van der Waals surface area contributed by atoms with E-state index in [1.165, 1.54) is 12.4 Å². The van der Waals surface area contributed by atoms with E-state index >= 15 is 0 Å². The number of hydrogen-bond donors (Lipinski definition) is 4. The molecular weight excluding hydrogens is 549 g/mol. The summed E-state index contributed by atoms with van der Waals surface area (Å²) in [6.45, 7) is 1.61. The first-order valence-electron chi connectivity index (χ1n) is 12.2. The Hall–Kier alpha value is -3.96. The van der Waals surface area contributed by atoms with Crippen molar-refractivity contribution in [1.82, 2.24) is 9.88 Å². The van der Waals surface area contributed by atoms with E-state index < -0.39 is 28.8 Å². The van der Waals surface area contributed by atoms with Gasteiger partial charge in [0.2, 0.25) is 5.91 Å². The Morgan fingerprint density at radius 3 is 2.31 bits per heavy atom. The number of anilines is 3. The second-order valence-electron chi connectivity index (χ2n) is 9.04. The Bertz CT molecular complexity index is 1450. The lowest BCUT2D eigenvalue weighted by atomic mass is 10.0. The van der Waals surface area contributed by atoms with Crippen molar-refractivity contribution in [2.24, 2.45) is 0 Å². The van der Waals surface area contributed by atoms with E-state index in [0.29, 0.717) is 43.7 Å². The lowest BCUT2D eigenvalue weighted by Gasteiger charge is -2.20. The van der Waals surface area contributed by atoms with Crippen LogP contribution in [-0.4, -0.2) is 58.5 Å². The van der Waals surface area contributed by atoms with E-state index in [0.717, 1.165) is 6.42 Å². The van der Waals surface area contributed by atoms with Gasteiger partial charge in [0.25, 0.3) is 16.8 Å². The highest BCUT2D eigenvalue weighted by Gasteiger charge is 2.27. The number of carboxylic acid groups (broad SMARTS) is 1. The van der Waals surface area contributed by atoms with Crippen molar-refractivity contribution in [3.63, 3.8) is 0 Å². The second kappa shape index (κ2) is 12.3. The molecule has 0 aliphatic carbocycles. The zero-order chi connectivity index (χ0) is 28.1. The third-order valence-electron chi connectivity index (χ3n) is 6.34. The summed E-state index contributed by atoms with van der Waals surface area (Å²) >= 11 is 12.0. The summed E-state index contributed by atoms with van der Waals surface area (Å²) < 4.78 is 0. The number of aliphatic carboxylic acids is 1. The first-order chi connectivity index (χ1) is 18.7. The summed E-state index contributed by atoms with van der Waals surface area (Å²) in [6.07, 6.45) is 4.57. The summed E-state index contributed by atoms with van der Waals surface area (Å²) in [5.41, 5.74) is -0.411. The standard InChI is InChI=1S/C26H25Cl2N5O6/c27-16-12-29-13-17(28)20(16)25(37)31-15-6-4-14(5-7-15)11-18(26(38)39)32-22-21(23(35)24(22)36)30-8-2-10-33-9-1-3-19(33)34/h4-7,12-13,18,30,32H,1-3,8-11H2,(H,31,37)(H,38,39)/t18-/m0/s1. The number of hydrogen-bond acceptors (Lipinski definition) is 8. The molecule has 3 aromatic rings. The fourth-order valence-electron chi connectivity index (χ4n) is 4.28. The fourth-order valence-corrected chi connectivity index (χ4v) is 4.81. The number of nitrogens with one attached hydrogen (secondary N) is 3. The van der Waals surface area contributed by atoms with Crippen molar-refractivity contribution >= 4 is 58.0 Å². The number of carbonyl (C=O) groups is 3. The predicted octanol–water partition coefficient (Wildman–Crippen LogP) is 2.77. The lowest BCUT2D eigenvalue weighted by Crippen LogP contribution is -2.42. The number of nitrogens with zero attached hydrogens (tertiary/aromatic N) is 2. The molecule has 1 aromatic heterocycles. The van der Waals surface area contributed by atoms with Crippen molar-refractivity contribution in [3.05, 3.63) is 78.3 Å². The van der Waals surface area contributed by atoms with Gasteiger partial charge in [-0.05, 0) is 30.5 Å². The molecule has 0 spiro atoms. The van der Waals surface area contributed by atoms with E-state index in [1.54, 1.807) is 29.2 Å². The molecule has 39 heavy (non-hydrogen) atoms. The molecule has 1 saturated heterocycles. The highest BCUT2D eigenvalue weighted by atomic mass is 35.5. The van der Waals surface area contributed by atoms with Gasteiger partial charge < -0.3 is 26.0 Å². The number of carbonyl (C=O) groups excluding carboxylic acids is 2. The van der Waals surface area contributed by atoms with E-state index in [9.17, 15) is 29.1 Å². The van der Waals surface area contributed by atoms with Gasteiger partial charge in [0.05, 0.1) is 15.6 Å². The van der Waals surface area contributed by atoms with Crippen molar-refractivity contribution < 1.29 is 19.5 Å². The van der Waals surface area contributed by atoms with Crippen LogP contribution in [0, 0.1) is 0 Å². The fraction of sp³-hybridized carbons (Fsp3) is 0.308. The number of pyridine rings is 1. The number of amides is 2. The van der Waals surface area contributed by atoms with Gasteiger partial charge in [-0.15, -0.1) is 0 Å². The van der Waals surface area contributed by atoms with E-state index in [-0.39, 0.29) is 39.3 Å². The average molecular weight is 574 g/mol. The number of aromatic nitrogens is 1. The summed E-state index contributed by atoms with van der Waals surface area (Å²) in [6, 6.07) is 5.24. The Kier molecular flexibility index (Phi) is 8.82. The van der Waals surface area contributed by atoms with Crippen molar-refractivity contribution in [2.75, 3.05) is 35.6 Å². The van der Waals surface area contributed by atoms with Gasteiger partial charge >= 0.3 is 5.97 Å². The maximum atomic E-state index is 12.5. The Morgan fingerprint density at radius 1 is 1.03 bits per heavy atom. The first-order valence-corrected chi connectivity index (χ1v) is 12.9. The van der Waals surface area contributed by atoms with Crippen LogP contribution in [0.15, 0.2) is 46.2 Å². The third-order valence-corrected chi connectivity index (χ3v) is 6.91. The minimum Gasteiger partial charge on any atom is -0.480 e. The normalized spacial score (nSPS) is 13.9. The SMILES string of the molecule is O=C(Nc1ccc(C[C@H](Nc2c(NCCCN3CCCC3=O)c(=O)c2=O)C(=O)O)cc1)c1c(Cl)cncc1Cl. The summed E-state index contributed by atoms with van der Waals surface area (Å²) in [4.78, 5) is 66.0. The van der Waals surface area contributed by atoms with Crippen molar-refractivity contribution in [2.45, 2.75) is 31.7 Å². The molecule has 1 aliphatic heterocycles. The van der Waals surface area contributed by atoms with E-state index in [2.05, 4.69) is 20.9 Å². The number of carboxylic acids is 1. The molecule has 1 aliphatic rings. The molecule has 2 amide bonds. The zero-order valence-corrected chi connectivity index (χ0v) is 22.1. The van der Waals surface area contributed by atoms with Crippen LogP contribution < -0.4 is 26.8 Å². The van der Waals surface area contributed by atoms with Crippen LogP contribution in [0.5, 0.6) is 0 Å². The van der Waals surface area contributed by atoms with Gasteiger partial charge in [0.1, 0.15) is 17.4 Å². The zero-order valence-electron chi connectivity index (χ0n) is 20.6. The third kappa shape index (κ3) is 6.55. The number of benzene rings is 1. The summed E-state index contributed by atoms with van der Waals surface area (Å²) in [5.74, 6) is -1.63. The van der Waals surface area contributed by atoms with Crippen molar-refractivity contribution in [3.8, 4) is 0 Å². The smallest absolute Gasteiger partial charge is 0.326 e. The Balaban J connectivity index is 1.35. The quantitative estimate of drug-likeness (QED) is 0.189. The van der Waals surface area contributed by atoms with Crippen molar-refractivity contribution in [1.29, 1.82) is 0 Å². The minimum atomic E-state index is -1.21. The molecule has 11 nitrogen and oxygen atoms in total. The summed E-state index contributed by atoms with van der Waals surface area (Å²) in [7, 11) is 0. The van der Waals surface area contributed by atoms with E-state index in [4.69, 9.17) is 23.2 Å². The second-order valence-corrected chi connectivity index (χ2v) is 9.86. The minimum absolute atomic E-state index is 0.000886. The lowest BCUT2D eigenvalue weighted by molar-refractivity contribution is -0.137. The van der Waals surface area contributed by atoms with Gasteiger partial charge in [-0.25, -0.2) is 4.79 Å². The van der Waals surface area contributed by atoms with Gasteiger partial charge in [0.15, 0.2) is 0 Å². The number of halogens is 2. The molecule has 1 atom stereocenters. The van der Waals surface area contributed by atoms with Crippen LogP contribution in [0.3, 0.4) is 0 Å². The maximum Gasteiger partial charge on any atom is 0.326 e. The molecule has 0 radical (unpaired) electrons. The maximum absolute atomic E-state index is 12.5. The Labute approximate surface area is 232 Å². The first kappa shape index (κ1) is 28.1. The monoisotopic (exact) mass is 573 g/mol. The highest BCUT2D eigenvalue weighted by molar-refractivity contribution is 6.40. The van der Waals surface area contributed by atoms with E-state index in [1.807, 2.05) is 0 Å². The highest BCUT2D eigenvalue weighted by Crippen LogP contribution is 2.24. The molecule has 0 unspecified atom stereocenters. The molecular formula is C26H25Cl2N5O6. The number of likely N-dealkylation sites (tertiary alicyclic amines) is 1. The average Bonchev–Trinajstić information content (AvgIpc) is 3.31. The van der Waals surface area contributed by atoms with Gasteiger partial charge in [-0.1, -0.05) is 35.3 Å². The molecule has 1 fully saturated rings. The Morgan fingerprint density at radius 2 is 1.69 bits per heavy atom. The summed E-state index contributed by atoms with van der Waals surface area (Å²) in [5, 5.41) is 18.2. The molecule has 2 heterocycles. The van der Waals surface area contributed by atoms with Gasteiger partial charge in [-0.3, -0.25) is 24.2 Å². The molecule has 204 valence electrons. The molecule has 13 heteroatoms. The van der Waals surface area contributed by atoms with Gasteiger partial charge in [-0.2, -0.15) is 0 Å². The largest absolute Gasteiger partial charge is 0.480 e. The molecule has 4 N–H and O–H groups in total. The molecule has 2 aromatic carbocycles. The van der Waals surface area contributed by atoms with Crippen LogP contribution in [-0.2, 0) is 16.0 Å². The number of rotatable bonds is 12. The predicted molar refractivity (Wildman–Crippen MR) is 148 cm³/mol. The van der Waals surface area contributed by atoms with Gasteiger partial charge in [0, 0.05) is 50.6 Å². The molecule has 0 saturated carbocycles. The molecule has 0 bridgehead atoms.